The number of benzene rings is 3. The van der Waals surface area contributed by atoms with E-state index >= 15 is 0 Å². The first kappa shape index (κ1) is 20.1. The van der Waals surface area contributed by atoms with Gasteiger partial charge in [-0.15, -0.1) is 0 Å². The summed E-state index contributed by atoms with van der Waals surface area (Å²) in [6.45, 7) is 3.78. The number of hydrogen-bond acceptors (Lipinski definition) is 0. The van der Waals surface area contributed by atoms with E-state index in [-0.39, 0.29) is 11.1 Å². The van der Waals surface area contributed by atoms with Gasteiger partial charge in [-0.1, -0.05) is 96.1 Å². The largest absolute Gasteiger partial charge is 0.340 e. The molecule has 0 fully saturated rings. The van der Waals surface area contributed by atoms with E-state index in [4.69, 9.17) is 0 Å². The van der Waals surface area contributed by atoms with Crippen LogP contribution in [0.5, 0.6) is 0 Å². The molecule has 0 bridgehead atoms. The van der Waals surface area contributed by atoms with Gasteiger partial charge in [0.1, 0.15) is 0 Å². The molecule has 1 aliphatic carbocycles. The summed E-state index contributed by atoms with van der Waals surface area (Å²) in [5.41, 5.74) is 2.57. The van der Waals surface area contributed by atoms with Crippen LogP contribution in [0.2, 0.25) is 0 Å². The van der Waals surface area contributed by atoms with E-state index in [2.05, 4.69) is 0 Å². The number of alkyl halides is 4. The van der Waals surface area contributed by atoms with Gasteiger partial charge in [0.2, 0.25) is 0 Å². The Labute approximate surface area is 173 Å². The molecule has 4 heteroatoms. The maximum Gasteiger partial charge on any atom is 0.340 e. The standard InChI is InChI=1S/C26H20F4/c1-17-3-7-19(8-4-17)20-11-13-22(14-12-20)24-16-15-23(25(27,28)26(24,29)30)21-9-5-18(2)6-10-21/h3-16H,1-2H3. The molecule has 0 saturated carbocycles. The Kier molecular flexibility index (Phi) is 4.89. The highest BCUT2D eigenvalue weighted by Crippen LogP contribution is 2.53. The monoisotopic (exact) mass is 408 g/mol. The average Bonchev–Trinajstić information content (AvgIpc) is 2.72. The summed E-state index contributed by atoms with van der Waals surface area (Å²) < 4.78 is 59.7. The third-order valence-corrected chi connectivity index (χ3v) is 5.43. The summed E-state index contributed by atoms with van der Waals surface area (Å²) in [4.78, 5) is 0. The summed E-state index contributed by atoms with van der Waals surface area (Å²) in [7, 11) is 0. The molecule has 0 heterocycles. The first-order valence-electron chi connectivity index (χ1n) is 9.63. The maximum absolute atomic E-state index is 15.0. The number of hydrogen-bond donors (Lipinski definition) is 0. The first-order valence-corrected chi connectivity index (χ1v) is 9.63. The second-order valence-corrected chi connectivity index (χ2v) is 7.62. The molecule has 0 saturated heterocycles. The Morgan fingerprint density at radius 1 is 0.433 bits per heavy atom. The molecule has 152 valence electrons. The fraction of sp³-hybridized carbons (Fsp3) is 0.154. The van der Waals surface area contributed by atoms with Crippen LogP contribution in [-0.2, 0) is 0 Å². The highest BCUT2D eigenvalue weighted by Gasteiger charge is 2.62. The van der Waals surface area contributed by atoms with Gasteiger partial charge in [-0.05, 0) is 36.1 Å². The first-order chi connectivity index (χ1) is 14.2. The molecule has 0 nitrogen and oxygen atoms in total. The van der Waals surface area contributed by atoms with Gasteiger partial charge in [0.05, 0.1) is 0 Å². The Hall–Kier alpha value is -3.14. The molecule has 1 aliphatic rings. The van der Waals surface area contributed by atoms with Gasteiger partial charge in [0.25, 0.3) is 0 Å². The van der Waals surface area contributed by atoms with Crippen molar-refractivity contribution >= 4 is 11.1 Å². The highest BCUT2D eigenvalue weighted by atomic mass is 19.3. The van der Waals surface area contributed by atoms with Crippen molar-refractivity contribution in [2.45, 2.75) is 25.7 Å². The normalized spacial score (nSPS) is 17.3. The summed E-state index contributed by atoms with van der Waals surface area (Å²) in [6.07, 6.45) is 2.21. The average molecular weight is 408 g/mol. The van der Waals surface area contributed by atoms with Crippen LogP contribution in [0.1, 0.15) is 22.3 Å². The van der Waals surface area contributed by atoms with Crippen LogP contribution in [-0.4, -0.2) is 11.8 Å². The van der Waals surface area contributed by atoms with E-state index in [0.717, 1.165) is 34.4 Å². The van der Waals surface area contributed by atoms with Crippen LogP contribution in [0.3, 0.4) is 0 Å². The smallest absolute Gasteiger partial charge is 0.194 e. The van der Waals surface area contributed by atoms with Crippen molar-refractivity contribution in [1.82, 2.24) is 0 Å². The minimum Gasteiger partial charge on any atom is -0.194 e. The molecule has 0 atom stereocenters. The highest BCUT2D eigenvalue weighted by molar-refractivity contribution is 5.86. The molecule has 3 aromatic rings. The van der Waals surface area contributed by atoms with Crippen molar-refractivity contribution in [2.75, 3.05) is 0 Å². The minimum absolute atomic E-state index is 0.0785. The van der Waals surface area contributed by atoms with Crippen LogP contribution >= 0.6 is 0 Å². The summed E-state index contributed by atoms with van der Waals surface area (Å²) in [5.74, 6) is -8.64. The number of allylic oxidation sites excluding steroid dienone is 4. The summed E-state index contributed by atoms with van der Waals surface area (Å²) in [6, 6.07) is 20.2. The van der Waals surface area contributed by atoms with Crippen molar-refractivity contribution in [3.8, 4) is 11.1 Å². The lowest BCUT2D eigenvalue weighted by atomic mass is 9.83. The van der Waals surface area contributed by atoms with E-state index < -0.39 is 23.0 Å². The molecule has 0 aliphatic heterocycles. The summed E-state index contributed by atoms with van der Waals surface area (Å²) >= 11 is 0. The Bertz CT molecular complexity index is 1120. The van der Waals surface area contributed by atoms with Gasteiger partial charge in [0.15, 0.2) is 0 Å². The SMILES string of the molecule is Cc1ccc(C2=CC=C(c3ccc(-c4ccc(C)cc4)cc3)C(F)(F)C2(F)F)cc1. The predicted octanol–water partition coefficient (Wildman–Crippen LogP) is 7.72. The maximum atomic E-state index is 15.0. The Morgan fingerprint density at radius 2 is 0.700 bits per heavy atom. The van der Waals surface area contributed by atoms with Crippen LogP contribution in [0.4, 0.5) is 17.6 Å². The van der Waals surface area contributed by atoms with E-state index in [1.807, 2.05) is 38.1 Å². The van der Waals surface area contributed by atoms with Crippen LogP contribution in [0, 0.1) is 13.8 Å². The second kappa shape index (κ2) is 7.28. The molecular formula is C26H20F4. The lowest BCUT2D eigenvalue weighted by Gasteiger charge is -2.33. The third kappa shape index (κ3) is 3.36. The van der Waals surface area contributed by atoms with E-state index in [1.165, 1.54) is 24.3 Å². The topological polar surface area (TPSA) is 0 Å². The predicted molar refractivity (Wildman–Crippen MR) is 114 cm³/mol. The molecule has 0 radical (unpaired) electrons. The number of halogens is 4. The zero-order valence-corrected chi connectivity index (χ0v) is 16.6. The zero-order valence-electron chi connectivity index (χ0n) is 16.6. The molecule has 3 aromatic carbocycles. The molecule has 0 unspecified atom stereocenters. The van der Waals surface area contributed by atoms with Crippen LogP contribution < -0.4 is 0 Å². The van der Waals surface area contributed by atoms with Gasteiger partial charge in [-0.25, -0.2) is 0 Å². The van der Waals surface area contributed by atoms with Crippen LogP contribution in [0.25, 0.3) is 22.3 Å². The van der Waals surface area contributed by atoms with Crippen molar-refractivity contribution in [2.24, 2.45) is 0 Å². The molecule has 0 spiro atoms. The van der Waals surface area contributed by atoms with Crippen molar-refractivity contribution in [1.29, 1.82) is 0 Å². The van der Waals surface area contributed by atoms with E-state index in [9.17, 15) is 17.6 Å². The molecule has 4 rings (SSSR count). The lowest BCUT2D eigenvalue weighted by molar-refractivity contribution is -0.133. The minimum atomic E-state index is -4.33. The Balaban J connectivity index is 1.73. The quantitative estimate of drug-likeness (QED) is 0.389. The third-order valence-electron chi connectivity index (χ3n) is 5.43. The fourth-order valence-electron chi connectivity index (χ4n) is 3.59. The fourth-order valence-corrected chi connectivity index (χ4v) is 3.59. The van der Waals surface area contributed by atoms with Gasteiger partial charge in [0, 0.05) is 11.1 Å². The van der Waals surface area contributed by atoms with Gasteiger partial charge in [-0.2, -0.15) is 17.6 Å². The van der Waals surface area contributed by atoms with Crippen molar-refractivity contribution in [3.63, 3.8) is 0 Å². The van der Waals surface area contributed by atoms with Gasteiger partial charge >= 0.3 is 11.8 Å². The van der Waals surface area contributed by atoms with Crippen LogP contribution in [0.15, 0.2) is 84.9 Å². The lowest BCUT2D eigenvalue weighted by Crippen LogP contribution is -2.44. The van der Waals surface area contributed by atoms with E-state index in [1.54, 1.807) is 24.3 Å². The van der Waals surface area contributed by atoms with Crippen molar-refractivity contribution in [3.05, 3.63) is 107 Å². The number of aryl methyl sites for hydroxylation is 2. The molecule has 0 aromatic heterocycles. The molecule has 30 heavy (non-hydrogen) atoms. The molecule has 0 amide bonds. The number of rotatable bonds is 3. The molecule has 0 N–H and O–H groups in total. The Morgan fingerprint density at radius 3 is 1.07 bits per heavy atom. The van der Waals surface area contributed by atoms with Gasteiger partial charge in [-0.3, -0.25) is 0 Å². The van der Waals surface area contributed by atoms with E-state index in [0.29, 0.717) is 0 Å². The zero-order chi connectivity index (χ0) is 21.5. The van der Waals surface area contributed by atoms with Crippen molar-refractivity contribution < 1.29 is 17.6 Å². The van der Waals surface area contributed by atoms with Gasteiger partial charge < -0.3 is 0 Å². The summed E-state index contributed by atoms with van der Waals surface area (Å²) in [5, 5.41) is 0. The molecular weight excluding hydrogens is 388 g/mol. The second-order valence-electron chi connectivity index (χ2n) is 7.62.